The van der Waals surface area contributed by atoms with Crippen molar-refractivity contribution >= 4 is 5.82 Å². The molecular formula is C13H22N4. The number of nitrogens with zero attached hydrogens (tertiary/aromatic N) is 3. The molecule has 0 amide bonds. The van der Waals surface area contributed by atoms with Gasteiger partial charge in [0, 0.05) is 32.4 Å². The number of aromatic nitrogens is 1. The molecule has 0 unspecified atom stereocenters. The maximum absolute atomic E-state index is 4.49. The smallest absolute Gasteiger partial charge is 0.128 e. The molecule has 94 valence electrons. The van der Waals surface area contributed by atoms with Gasteiger partial charge >= 0.3 is 0 Å². The molecule has 1 aliphatic rings. The van der Waals surface area contributed by atoms with Gasteiger partial charge in [-0.3, -0.25) is 0 Å². The lowest BCUT2D eigenvalue weighted by atomic mass is 10.2. The van der Waals surface area contributed by atoms with Crippen molar-refractivity contribution in [3.63, 3.8) is 0 Å². The predicted octanol–water partition coefficient (Wildman–Crippen LogP) is 0.943. The Labute approximate surface area is 104 Å². The van der Waals surface area contributed by atoms with Gasteiger partial charge in [0.25, 0.3) is 0 Å². The molecule has 0 atom stereocenters. The monoisotopic (exact) mass is 234 g/mol. The molecule has 1 N–H and O–H groups in total. The lowest BCUT2D eigenvalue weighted by Gasteiger charge is -2.22. The second kappa shape index (κ2) is 5.98. The second-order valence-corrected chi connectivity index (χ2v) is 4.70. The summed E-state index contributed by atoms with van der Waals surface area (Å²) in [7, 11) is 4.16. The molecule has 2 heterocycles. The molecule has 4 heteroatoms. The van der Waals surface area contributed by atoms with Gasteiger partial charge in [0.1, 0.15) is 5.82 Å². The maximum atomic E-state index is 4.49. The molecular weight excluding hydrogens is 212 g/mol. The van der Waals surface area contributed by atoms with E-state index in [4.69, 9.17) is 0 Å². The van der Waals surface area contributed by atoms with Gasteiger partial charge in [0.05, 0.1) is 0 Å². The Morgan fingerprint density at radius 3 is 3.00 bits per heavy atom. The summed E-state index contributed by atoms with van der Waals surface area (Å²) in [6.07, 6.45) is 3.13. The summed E-state index contributed by atoms with van der Waals surface area (Å²) in [4.78, 5) is 9.27. The second-order valence-electron chi connectivity index (χ2n) is 4.70. The first-order valence-corrected chi connectivity index (χ1v) is 6.32. The molecule has 0 bridgehead atoms. The molecule has 0 radical (unpaired) electrons. The zero-order valence-corrected chi connectivity index (χ0v) is 10.8. The van der Waals surface area contributed by atoms with Crippen molar-refractivity contribution in [1.82, 2.24) is 15.2 Å². The van der Waals surface area contributed by atoms with Crippen LogP contribution in [-0.2, 0) is 6.54 Å². The Bertz CT molecular complexity index is 353. The average Bonchev–Trinajstić information content (AvgIpc) is 2.55. The van der Waals surface area contributed by atoms with Gasteiger partial charge < -0.3 is 15.1 Å². The van der Waals surface area contributed by atoms with Crippen LogP contribution in [-0.4, -0.2) is 50.2 Å². The average molecular weight is 234 g/mol. The number of likely N-dealkylation sites (N-methyl/N-ethyl adjacent to an activating group) is 1. The van der Waals surface area contributed by atoms with Crippen molar-refractivity contribution in [3.05, 3.63) is 23.9 Å². The quantitative estimate of drug-likeness (QED) is 0.843. The highest BCUT2D eigenvalue weighted by molar-refractivity contribution is 5.41. The SMILES string of the molecule is CNCc1ccnc(N2CCCN(C)CC2)c1. The number of anilines is 1. The van der Waals surface area contributed by atoms with Crippen molar-refractivity contribution < 1.29 is 0 Å². The van der Waals surface area contributed by atoms with Gasteiger partial charge in [-0.1, -0.05) is 0 Å². The number of rotatable bonds is 3. The Morgan fingerprint density at radius 1 is 1.29 bits per heavy atom. The minimum absolute atomic E-state index is 0.906. The molecule has 0 spiro atoms. The van der Waals surface area contributed by atoms with Gasteiger partial charge in [-0.2, -0.15) is 0 Å². The van der Waals surface area contributed by atoms with E-state index in [1.165, 1.54) is 18.5 Å². The standard InChI is InChI=1S/C13H22N4/c1-14-11-12-4-5-15-13(10-12)17-7-3-6-16(2)8-9-17/h4-5,10,14H,3,6-9,11H2,1-2H3. The van der Waals surface area contributed by atoms with Crippen LogP contribution < -0.4 is 10.2 Å². The molecule has 17 heavy (non-hydrogen) atoms. The normalized spacial score (nSPS) is 18.1. The predicted molar refractivity (Wildman–Crippen MR) is 71.3 cm³/mol. The molecule has 1 saturated heterocycles. The van der Waals surface area contributed by atoms with Crippen molar-refractivity contribution in [3.8, 4) is 0 Å². The summed E-state index contributed by atoms with van der Waals surface area (Å²) < 4.78 is 0. The van der Waals surface area contributed by atoms with Gasteiger partial charge in [-0.05, 0) is 44.8 Å². The first kappa shape index (κ1) is 12.3. The van der Waals surface area contributed by atoms with Crippen LogP contribution in [0.4, 0.5) is 5.82 Å². The third-order valence-electron chi connectivity index (χ3n) is 3.23. The Balaban J connectivity index is 2.07. The number of hydrogen-bond acceptors (Lipinski definition) is 4. The summed E-state index contributed by atoms with van der Waals surface area (Å²) in [5.41, 5.74) is 1.30. The Morgan fingerprint density at radius 2 is 2.18 bits per heavy atom. The topological polar surface area (TPSA) is 31.4 Å². The van der Waals surface area contributed by atoms with Crippen molar-refractivity contribution in [2.24, 2.45) is 0 Å². The molecule has 1 aromatic heterocycles. The van der Waals surface area contributed by atoms with Crippen LogP contribution in [0.2, 0.25) is 0 Å². The van der Waals surface area contributed by atoms with Crippen LogP contribution in [0.15, 0.2) is 18.3 Å². The van der Waals surface area contributed by atoms with E-state index in [0.29, 0.717) is 0 Å². The lowest BCUT2D eigenvalue weighted by molar-refractivity contribution is 0.360. The fraction of sp³-hybridized carbons (Fsp3) is 0.615. The summed E-state index contributed by atoms with van der Waals surface area (Å²) in [6, 6.07) is 4.27. The van der Waals surface area contributed by atoms with Crippen LogP contribution in [0.1, 0.15) is 12.0 Å². The molecule has 1 fully saturated rings. The molecule has 1 aromatic rings. The van der Waals surface area contributed by atoms with Gasteiger partial charge in [0.15, 0.2) is 0 Å². The van der Waals surface area contributed by atoms with Gasteiger partial charge in [-0.25, -0.2) is 4.98 Å². The highest BCUT2D eigenvalue weighted by Crippen LogP contribution is 2.14. The molecule has 1 aliphatic heterocycles. The lowest BCUT2D eigenvalue weighted by Crippen LogP contribution is -2.29. The minimum atomic E-state index is 0.906. The number of hydrogen-bond donors (Lipinski definition) is 1. The zero-order chi connectivity index (χ0) is 12.1. The van der Waals surface area contributed by atoms with Crippen LogP contribution >= 0.6 is 0 Å². The van der Waals surface area contributed by atoms with E-state index in [0.717, 1.165) is 32.0 Å². The summed E-state index contributed by atoms with van der Waals surface area (Å²) in [5.74, 6) is 1.12. The highest BCUT2D eigenvalue weighted by atomic mass is 15.2. The maximum Gasteiger partial charge on any atom is 0.128 e. The van der Waals surface area contributed by atoms with Gasteiger partial charge in [-0.15, -0.1) is 0 Å². The van der Waals surface area contributed by atoms with E-state index in [1.54, 1.807) is 0 Å². The first-order chi connectivity index (χ1) is 8.29. The number of nitrogens with one attached hydrogen (secondary N) is 1. The summed E-state index contributed by atoms with van der Waals surface area (Å²) in [6.45, 7) is 5.40. The van der Waals surface area contributed by atoms with Crippen LogP contribution in [0.5, 0.6) is 0 Å². The van der Waals surface area contributed by atoms with E-state index < -0.39 is 0 Å². The molecule has 4 nitrogen and oxygen atoms in total. The van der Waals surface area contributed by atoms with E-state index in [2.05, 4.69) is 39.3 Å². The van der Waals surface area contributed by atoms with Crippen molar-refractivity contribution in [1.29, 1.82) is 0 Å². The molecule has 2 rings (SSSR count). The zero-order valence-electron chi connectivity index (χ0n) is 10.8. The summed E-state index contributed by atoms with van der Waals surface area (Å²) >= 11 is 0. The third kappa shape index (κ3) is 3.41. The van der Waals surface area contributed by atoms with Gasteiger partial charge in [0.2, 0.25) is 0 Å². The molecule has 0 aliphatic carbocycles. The Kier molecular flexibility index (Phi) is 4.34. The number of pyridine rings is 1. The van der Waals surface area contributed by atoms with E-state index in [9.17, 15) is 0 Å². The largest absolute Gasteiger partial charge is 0.355 e. The molecule has 0 saturated carbocycles. The first-order valence-electron chi connectivity index (χ1n) is 6.32. The van der Waals surface area contributed by atoms with Crippen LogP contribution in [0, 0.1) is 0 Å². The van der Waals surface area contributed by atoms with E-state index >= 15 is 0 Å². The third-order valence-corrected chi connectivity index (χ3v) is 3.23. The fourth-order valence-corrected chi connectivity index (χ4v) is 2.22. The van der Waals surface area contributed by atoms with Crippen LogP contribution in [0.25, 0.3) is 0 Å². The van der Waals surface area contributed by atoms with E-state index in [-0.39, 0.29) is 0 Å². The van der Waals surface area contributed by atoms with Crippen molar-refractivity contribution in [2.75, 3.05) is 45.2 Å². The summed E-state index contributed by atoms with van der Waals surface area (Å²) in [5, 5.41) is 3.18. The van der Waals surface area contributed by atoms with Crippen LogP contribution in [0.3, 0.4) is 0 Å². The highest BCUT2D eigenvalue weighted by Gasteiger charge is 2.13. The van der Waals surface area contributed by atoms with Crippen molar-refractivity contribution in [2.45, 2.75) is 13.0 Å². The molecule has 0 aromatic carbocycles. The minimum Gasteiger partial charge on any atom is -0.355 e. The Hall–Kier alpha value is -1.13. The fourth-order valence-electron chi connectivity index (χ4n) is 2.22. The van der Waals surface area contributed by atoms with E-state index in [1.807, 2.05) is 13.2 Å².